The molecule has 0 saturated carbocycles. The van der Waals surface area contributed by atoms with Crippen molar-refractivity contribution in [2.75, 3.05) is 6.54 Å². The number of alkyl halides is 1. The molecule has 76 valence electrons. The van der Waals surface area contributed by atoms with Gasteiger partial charge < -0.3 is 0 Å². The summed E-state index contributed by atoms with van der Waals surface area (Å²) >= 11 is 5.56. The van der Waals surface area contributed by atoms with Crippen molar-refractivity contribution in [1.82, 2.24) is 4.90 Å². The molecular weight excluding hydrogens is 204 g/mol. The number of nitriles is 1. The maximum absolute atomic E-state index is 11.5. The van der Waals surface area contributed by atoms with Gasteiger partial charge in [-0.25, -0.2) is 0 Å². The first kappa shape index (κ1) is 11.0. The van der Waals surface area contributed by atoms with Gasteiger partial charge in [0.25, 0.3) is 0 Å². The van der Waals surface area contributed by atoms with E-state index in [1.807, 2.05) is 0 Å². The SMILES string of the molecule is CC1C(=O)N(CC(Cl)C#N)C(=O)C1C. The average Bonchev–Trinajstić information content (AvgIpc) is 2.35. The van der Waals surface area contributed by atoms with Gasteiger partial charge in [0, 0.05) is 11.8 Å². The van der Waals surface area contributed by atoms with Crippen molar-refractivity contribution in [2.24, 2.45) is 11.8 Å². The molecule has 0 bridgehead atoms. The minimum absolute atomic E-state index is 0.00952. The molecule has 1 aliphatic rings. The van der Waals surface area contributed by atoms with Crippen molar-refractivity contribution >= 4 is 23.4 Å². The third kappa shape index (κ3) is 1.73. The molecule has 0 aromatic rings. The summed E-state index contributed by atoms with van der Waals surface area (Å²) in [4.78, 5) is 24.1. The van der Waals surface area contributed by atoms with Crippen LogP contribution in [0.4, 0.5) is 0 Å². The summed E-state index contributed by atoms with van der Waals surface area (Å²) in [6.45, 7) is 3.41. The second-order valence-electron chi connectivity index (χ2n) is 3.46. The van der Waals surface area contributed by atoms with Gasteiger partial charge in [0.05, 0.1) is 12.6 Å². The van der Waals surface area contributed by atoms with Gasteiger partial charge in [-0.1, -0.05) is 13.8 Å². The molecule has 0 aliphatic carbocycles. The zero-order valence-corrected chi connectivity index (χ0v) is 8.78. The number of likely N-dealkylation sites (tertiary alicyclic amines) is 1. The van der Waals surface area contributed by atoms with E-state index < -0.39 is 5.38 Å². The zero-order chi connectivity index (χ0) is 10.9. The van der Waals surface area contributed by atoms with Crippen LogP contribution in [0.5, 0.6) is 0 Å². The molecule has 4 nitrogen and oxygen atoms in total. The number of carbonyl (C=O) groups excluding carboxylic acids is 2. The van der Waals surface area contributed by atoms with E-state index in [9.17, 15) is 9.59 Å². The van der Waals surface area contributed by atoms with E-state index in [1.165, 1.54) is 0 Å². The van der Waals surface area contributed by atoms with Crippen LogP contribution < -0.4 is 0 Å². The number of imide groups is 1. The van der Waals surface area contributed by atoms with Crippen LogP contribution in [0, 0.1) is 23.2 Å². The largest absolute Gasteiger partial charge is 0.280 e. The minimum Gasteiger partial charge on any atom is -0.280 e. The number of hydrogen-bond donors (Lipinski definition) is 0. The lowest BCUT2D eigenvalue weighted by Gasteiger charge is -2.14. The molecule has 0 N–H and O–H groups in total. The molecule has 1 rings (SSSR count). The Hall–Kier alpha value is -1.08. The molecule has 0 spiro atoms. The Balaban J connectivity index is 2.76. The highest BCUT2D eigenvalue weighted by molar-refractivity contribution is 6.22. The molecule has 3 unspecified atom stereocenters. The summed E-state index contributed by atoms with van der Waals surface area (Å²) in [5.41, 5.74) is 0. The Morgan fingerprint density at radius 3 is 2.21 bits per heavy atom. The van der Waals surface area contributed by atoms with E-state index in [0.29, 0.717) is 0 Å². The average molecular weight is 215 g/mol. The summed E-state index contributed by atoms with van der Waals surface area (Å²) in [5.74, 6) is -1.07. The first-order valence-corrected chi connectivity index (χ1v) is 4.81. The summed E-state index contributed by atoms with van der Waals surface area (Å²) in [5, 5.41) is 7.65. The molecule has 0 radical (unpaired) electrons. The van der Waals surface area contributed by atoms with E-state index >= 15 is 0 Å². The van der Waals surface area contributed by atoms with Gasteiger partial charge in [-0.05, 0) is 0 Å². The maximum atomic E-state index is 11.5. The number of hydrogen-bond acceptors (Lipinski definition) is 3. The lowest BCUT2D eigenvalue weighted by Crippen LogP contribution is -2.35. The maximum Gasteiger partial charge on any atom is 0.232 e. The number of halogens is 1. The van der Waals surface area contributed by atoms with Crippen LogP contribution in [0.1, 0.15) is 13.8 Å². The highest BCUT2D eigenvalue weighted by Crippen LogP contribution is 2.25. The number of nitrogens with zero attached hydrogens (tertiary/aromatic N) is 2. The smallest absolute Gasteiger partial charge is 0.232 e. The second kappa shape index (κ2) is 3.97. The predicted octanol–water partition coefficient (Wildman–Crippen LogP) is 0.758. The Labute approximate surface area is 87.4 Å². The van der Waals surface area contributed by atoms with Crippen LogP contribution in [0.15, 0.2) is 0 Å². The topological polar surface area (TPSA) is 61.2 Å². The molecule has 1 fully saturated rings. The van der Waals surface area contributed by atoms with Crippen molar-refractivity contribution < 1.29 is 9.59 Å². The van der Waals surface area contributed by atoms with Crippen molar-refractivity contribution in [1.29, 1.82) is 5.26 Å². The fraction of sp³-hybridized carbons (Fsp3) is 0.667. The van der Waals surface area contributed by atoms with Crippen molar-refractivity contribution in [3.8, 4) is 6.07 Å². The Morgan fingerprint density at radius 2 is 1.86 bits per heavy atom. The fourth-order valence-corrected chi connectivity index (χ4v) is 1.55. The molecule has 5 heteroatoms. The Morgan fingerprint density at radius 1 is 1.43 bits per heavy atom. The molecule has 1 heterocycles. The van der Waals surface area contributed by atoms with Gasteiger partial charge in [0.1, 0.15) is 5.38 Å². The van der Waals surface area contributed by atoms with Gasteiger partial charge in [-0.15, -0.1) is 11.6 Å². The standard InChI is InChI=1S/C9H11ClN2O2/c1-5-6(2)9(14)12(8(5)13)4-7(10)3-11/h5-7H,4H2,1-2H3. The number of rotatable bonds is 2. The number of carbonyl (C=O) groups is 2. The van der Waals surface area contributed by atoms with Crippen molar-refractivity contribution in [2.45, 2.75) is 19.2 Å². The van der Waals surface area contributed by atoms with Gasteiger partial charge in [-0.3, -0.25) is 14.5 Å². The molecule has 2 amide bonds. The fourth-order valence-electron chi connectivity index (χ4n) is 1.41. The third-order valence-corrected chi connectivity index (χ3v) is 2.78. The van der Waals surface area contributed by atoms with E-state index in [2.05, 4.69) is 0 Å². The zero-order valence-electron chi connectivity index (χ0n) is 8.03. The first-order chi connectivity index (χ1) is 6.49. The van der Waals surface area contributed by atoms with Crippen LogP contribution >= 0.6 is 11.6 Å². The molecule has 3 atom stereocenters. The van der Waals surface area contributed by atoms with Crippen LogP contribution in [-0.2, 0) is 9.59 Å². The second-order valence-corrected chi connectivity index (χ2v) is 3.99. The molecular formula is C9H11ClN2O2. The predicted molar refractivity (Wildman–Crippen MR) is 50.3 cm³/mol. The van der Waals surface area contributed by atoms with E-state index in [4.69, 9.17) is 16.9 Å². The van der Waals surface area contributed by atoms with Gasteiger partial charge >= 0.3 is 0 Å². The molecule has 0 aromatic carbocycles. The van der Waals surface area contributed by atoms with Gasteiger partial charge in [-0.2, -0.15) is 5.26 Å². The van der Waals surface area contributed by atoms with Gasteiger partial charge in [0.15, 0.2) is 0 Å². The van der Waals surface area contributed by atoms with E-state index in [0.717, 1.165) is 4.90 Å². The summed E-state index contributed by atoms with van der Waals surface area (Å²) < 4.78 is 0. The third-order valence-electron chi connectivity index (χ3n) is 2.54. The highest BCUT2D eigenvalue weighted by Gasteiger charge is 2.42. The van der Waals surface area contributed by atoms with Crippen LogP contribution in [0.3, 0.4) is 0 Å². The summed E-state index contributed by atoms with van der Waals surface area (Å²) in [7, 11) is 0. The highest BCUT2D eigenvalue weighted by atomic mass is 35.5. The normalized spacial score (nSPS) is 29.1. The molecule has 1 saturated heterocycles. The quantitative estimate of drug-likeness (QED) is 0.504. The monoisotopic (exact) mass is 214 g/mol. The van der Waals surface area contributed by atoms with Crippen LogP contribution in [0.25, 0.3) is 0 Å². The Bertz CT molecular complexity index is 290. The van der Waals surface area contributed by atoms with E-state index in [1.54, 1.807) is 19.9 Å². The lowest BCUT2D eigenvalue weighted by molar-refractivity contribution is -0.139. The number of amides is 2. The summed E-state index contributed by atoms with van der Waals surface area (Å²) in [6, 6.07) is 1.78. The summed E-state index contributed by atoms with van der Waals surface area (Å²) in [6.07, 6.45) is 0. The van der Waals surface area contributed by atoms with Crippen molar-refractivity contribution in [3.63, 3.8) is 0 Å². The molecule has 0 aromatic heterocycles. The van der Waals surface area contributed by atoms with E-state index in [-0.39, 0.29) is 30.2 Å². The lowest BCUT2D eigenvalue weighted by atomic mass is 10.00. The minimum atomic E-state index is -0.819. The molecule has 1 aliphatic heterocycles. The van der Waals surface area contributed by atoms with Crippen molar-refractivity contribution in [3.05, 3.63) is 0 Å². The molecule has 14 heavy (non-hydrogen) atoms. The van der Waals surface area contributed by atoms with Crippen LogP contribution in [-0.4, -0.2) is 28.6 Å². The first-order valence-electron chi connectivity index (χ1n) is 4.38. The van der Waals surface area contributed by atoms with Gasteiger partial charge in [0.2, 0.25) is 11.8 Å². The Kier molecular flexibility index (Phi) is 3.12. The van der Waals surface area contributed by atoms with Crippen LogP contribution in [0.2, 0.25) is 0 Å².